The van der Waals surface area contributed by atoms with Gasteiger partial charge in [-0.25, -0.2) is 0 Å². The predicted octanol–water partition coefficient (Wildman–Crippen LogP) is 3.89. The van der Waals surface area contributed by atoms with Crippen molar-refractivity contribution in [2.24, 2.45) is 0 Å². The second-order valence-corrected chi connectivity index (χ2v) is 16.3. The molecule has 1 radical (unpaired) electrons. The van der Waals surface area contributed by atoms with Gasteiger partial charge in [0.05, 0.1) is 13.4 Å². The first kappa shape index (κ1) is 10.2. The lowest BCUT2D eigenvalue weighted by molar-refractivity contribution is 0.415. The molecule has 1 aliphatic heterocycles. The summed E-state index contributed by atoms with van der Waals surface area (Å²) < 4.78 is 5.10. The SMILES string of the molecule is COc1ccc(P2S[P](=S)S2)cc1. The van der Waals surface area contributed by atoms with Crippen LogP contribution < -0.4 is 10.0 Å². The summed E-state index contributed by atoms with van der Waals surface area (Å²) in [5.74, 6) is 0.926. The highest BCUT2D eigenvalue weighted by Gasteiger charge is 2.26. The third kappa shape index (κ3) is 2.37. The molecule has 69 valence electrons. The summed E-state index contributed by atoms with van der Waals surface area (Å²) >= 11 is 9.10. The Bertz CT molecular complexity index is 319. The Labute approximate surface area is 92.2 Å². The molecular weight excluding hydrogens is 258 g/mol. The van der Waals surface area contributed by atoms with E-state index < -0.39 is 0 Å². The standard InChI is InChI=1S/C7H7OP2S3/c1-8-6-2-4-7(5-3-6)9-12-10(11)13-9/h2-5H,1H3. The van der Waals surface area contributed by atoms with Gasteiger partial charge in [-0.15, -0.1) is 0 Å². The Morgan fingerprint density at radius 2 is 1.85 bits per heavy atom. The Morgan fingerprint density at radius 1 is 1.23 bits per heavy atom. The average molecular weight is 265 g/mol. The Kier molecular flexibility index (Phi) is 3.50. The highest BCUT2D eigenvalue weighted by atomic mass is 33.7. The van der Waals surface area contributed by atoms with Crippen LogP contribution in [-0.2, 0) is 11.8 Å². The molecular formula is C7H7OP2S3. The third-order valence-electron chi connectivity index (χ3n) is 1.56. The Balaban J connectivity index is 2.10. The molecule has 1 fully saturated rings. The predicted molar refractivity (Wildman–Crippen MR) is 69.0 cm³/mol. The van der Waals surface area contributed by atoms with Crippen molar-refractivity contribution in [1.29, 1.82) is 0 Å². The lowest BCUT2D eigenvalue weighted by Gasteiger charge is -2.24. The van der Waals surface area contributed by atoms with E-state index in [9.17, 15) is 0 Å². The molecule has 0 aromatic heterocycles. The number of hydrogen-bond acceptors (Lipinski definition) is 4. The zero-order valence-electron chi connectivity index (χ0n) is 6.84. The van der Waals surface area contributed by atoms with Gasteiger partial charge in [0, 0.05) is 5.10 Å². The average Bonchev–Trinajstić information content (AvgIpc) is 2.13. The van der Waals surface area contributed by atoms with E-state index in [1.807, 2.05) is 34.1 Å². The number of ether oxygens (including phenoxy) is 1. The molecule has 0 spiro atoms. The normalized spacial score (nSPS) is 23.8. The molecule has 2 rings (SSSR count). The van der Waals surface area contributed by atoms with E-state index >= 15 is 0 Å². The number of methoxy groups -OCH3 is 1. The van der Waals surface area contributed by atoms with Gasteiger partial charge in [0.1, 0.15) is 5.75 Å². The van der Waals surface area contributed by atoms with Crippen molar-refractivity contribution in [2.75, 3.05) is 7.11 Å². The molecule has 0 amide bonds. The van der Waals surface area contributed by atoms with Gasteiger partial charge in [0.2, 0.25) is 0 Å². The van der Waals surface area contributed by atoms with Crippen LogP contribution in [0.3, 0.4) is 0 Å². The molecule has 1 saturated heterocycles. The molecule has 1 aromatic rings. The van der Waals surface area contributed by atoms with Crippen molar-refractivity contribution >= 4 is 50.5 Å². The maximum Gasteiger partial charge on any atom is 0.118 e. The molecule has 1 aromatic carbocycles. The first-order chi connectivity index (χ1) is 6.29. The molecule has 6 heteroatoms. The molecule has 0 saturated carbocycles. The molecule has 1 heterocycles. The topological polar surface area (TPSA) is 9.23 Å². The first-order valence-electron chi connectivity index (χ1n) is 3.57. The van der Waals surface area contributed by atoms with Crippen LogP contribution in [0.2, 0.25) is 0 Å². The monoisotopic (exact) mass is 265 g/mol. The lowest BCUT2D eigenvalue weighted by atomic mass is 10.3. The molecule has 1 nitrogen and oxygen atoms in total. The zero-order chi connectivity index (χ0) is 9.26. The van der Waals surface area contributed by atoms with E-state index in [-0.39, 0.29) is 11.4 Å². The van der Waals surface area contributed by atoms with Crippen LogP contribution in [0, 0.1) is 0 Å². The Morgan fingerprint density at radius 3 is 2.31 bits per heavy atom. The molecule has 0 unspecified atom stereocenters. The van der Waals surface area contributed by atoms with Crippen molar-refractivity contribution in [3.63, 3.8) is 0 Å². The highest BCUT2D eigenvalue weighted by molar-refractivity contribution is 9.38. The van der Waals surface area contributed by atoms with Gasteiger partial charge in [-0.05, 0) is 63.4 Å². The minimum Gasteiger partial charge on any atom is -0.497 e. The van der Waals surface area contributed by atoms with E-state index in [0.717, 1.165) is 5.75 Å². The van der Waals surface area contributed by atoms with E-state index in [2.05, 4.69) is 12.1 Å². The minimum absolute atomic E-state index is 0.0472. The summed E-state index contributed by atoms with van der Waals surface area (Å²) in [4.78, 5) is 0. The van der Waals surface area contributed by atoms with Gasteiger partial charge >= 0.3 is 0 Å². The Hall–Kier alpha value is 0.670. The van der Waals surface area contributed by atoms with Crippen LogP contribution in [-0.4, -0.2) is 7.11 Å². The minimum atomic E-state index is -0.178. The fourth-order valence-corrected chi connectivity index (χ4v) is 19.1. The van der Waals surface area contributed by atoms with Gasteiger partial charge < -0.3 is 4.74 Å². The quantitative estimate of drug-likeness (QED) is 0.750. The van der Waals surface area contributed by atoms with Gasteiger partial charge in [-0.1, -0.05) is 0 Å². The van der Waals surface area contributed by atoms with Crippen molar-refractivity contribution < 1.29 is 4.74 Å². The van der Waals surface area contributed by atoms with Gasteiger partial charge in [-0.2, -0.15) is 0 Å². The fourth-order valence-electron chi connectivity index (χ4n) is 0.925. The summed E-state index contributed by atoms with van der Waals surface area (Å²) in [5, 5.41) is 1.23. The van der Waals surface area contributed by atoms with Crippen molar-refractivity contribution in [1.82, 2.24) is 0 Å². The number of benzene rings is 1. The van der Waals surface area contributed by atoms with Crippen LogP contribution in [0.5, 0.6) is 5.75 Å². The van der Waals surface area contributed by atoms with Gasteiger partial charge in [-0.3, -0.25) is 0 Å². The van der Waals surface area contributed by atoms with Crippen molar-refractivity contribution in [2.45, 2.75) is 0 Å². The second-order valence-electron chi connectivity index (χ2n) is 2.34. The molecule has 1 aliphatic rings. The third-order valence-corrected chi connectivity index (χ3v) is 21.7. The molecule has 0 atom stereocenters. The van der Waals surface area contributed by atoms with Gasteiger partial charge in [0.15, 0.2) is 0 Å². The van der Waals surface area contributed by atoms with E-state index in [1.54, 1.807) is 7.11 Å². The molecule has 0 N–H and O–H groups in total. The zero-order valence-corrected chi connectivity index (χ0v) is 11.1. The lowest BCUT2D eigenvalue weighted by Crippen LogP contribution is -1.96. The van der Waals surface area contributed by atoms with E-state index in [4.69, 9.17) is 16.5 Å². The van der Waals surface area contributed by atoms with Gasteiger partial charge in [0.25, 0.3) is 0 Å². The van der Waals surface area contributed by atoms with E-state index in [1.165, 1.54) is 5.30 Å². The molecule has 0 aliphatic carbocycles. The fraction of sp³-hybridized carbons (Fsp3) is 0.143. The number of rotatable bonds is 2. The smallest absolute Gasteiger partial charge is 0.118 e. The van der Waals surface area contributed by atoms with Crippen molar-refractivity contribution in [3.8, 4) is 5.75 Å². The summed E-state index contributed by atoms with van der Waals surface area (Å²) in [6.45, 7) is 0. The molecule has 13 heavy (non-hydrogen) atoms. The van der Waals surface area contributed by atoms with Crippen molar-refractivity contribution in [3.05, 3.63) is 24.3 Å². The van der Waals surface area contributed by atoms with Crippen LogP contribution in [0.25, 0.3) is 0 Å². The van der Waals surface area contributed by atoms with Crippen LogP contribution in [0.4, 0.5) is 0 Å². The second kappa shape index (κ2) is 4.46. The summed E-state index contributed by atoms with van der Waals surface area (Å²) in [7, 11) is 1.69. The number of hydrogen-bond donors (Lipinski definition) is 0. The van der Waals surface area contributed by atoms with Crippen LogP contribution in [0.1, 0.15) is 0 Å². The summed E-state index contributed by atoms with van der Waals surface area (Å²) in [6.07, 6.45) is -0.0472. The first-order valence-corrected chi connectivity index (χ1v) is 11.3. The van der Waals surface area contributed by atoms with Crippen LogP contribution >= 0.6 is 33.4 Å². The maximum atomic E-state index is 5.17. The molecule has 0 bridgehead atoms. The summed E-state index contributed by atoms with van der Waals surface area (Å²) in [6, 6.07) is 8.32. The highest BCUT2D eigenvalue weighted by Crippen LogP contribution is 2.90. The summed E-state index contributed by atoms with van der Waals surface area (Å²) in [5.41, 5.74) is 0. The largest absolute Gasteiger partial charge is 0.497 e. The van der Waals surface area contributed by atoms with E-state index in [0.29, 0.717) is 0 Å². The van der Waals surface area contributed by atoms with Crippen LogP contribution in [0.15, 0.2) is 24.3 Å². The maximum absolute atomic E-state index is 5.17.